The highest BCUT2D eigenvalue weighted by molar-refractivity contribution is 9.10. The van der Waals surface area contributed by atoms with Gasteiger partial charge in [0.05, 0.1) is 5.56 Å². The van der Waals surface area contributed by atoms with Crippen molar-refractivity contribution in [1.29, 1.82) is 0 Å². The molecule has 0 aliphatic rings. The van der Waals surface area contributed by atoms with Crippen LogP contribution in [0.15, 0.2) is 51.5 Å². The van der Waals surface area contributed by atoms with Crippen molar-refractivity contribution in [2.24, 2.45) is 0 Å². The number of benzene rings is 2. The first-order valence-corrected chi connectivity index (χ1v) is 7.13. The lowest BCUT2D eigenvalue weighted by Crippen LogP contribution is -1.90. The van der Waals surface area contributed by atoms with Gasteiger partial charge in [-0.15, -0.1) is 0 Å². The molecule has 1 heterocycles. The highest BCUT2D eigenvalue weighted by atomic mass is 79.9. The Morgan fingerprint density at radius 3 is 2.67 bits per heavy atom. The lowest BCUT2D eigenvalue weighted by atomic mass is 10.00. The van der Waals surface area contributed by atoms with E-state index in [4.69, 9.17) is 10.3 Å². The Morgan fingerprint density at radius 2 is 1.95 bits per heavy atom. The zero-order valence-electron chi connectivity index (χ0n) is 11.2. The van der Waals surface area contributed by atoms with E-state index in [1.807, 2.05) is 37.3 Å². The molecule has 21 heavy (non-hydrogen) atoms. The van der Waals surface area contributed by atoms with Crippen LogP contribution in [0.1, 0.15) is 5.56 Å². The predicted octanol–water partition coefficient (Wildman–Crippen LogP) is 4.80. The topological polar surface area (TPSA) is 52.0 Å². The fourth-order valence-electron chi connectivity index (χ4n) is 2.30. The van der Waals surface area contributed by atoms with Gasteiger partial charge in [0.2, 0.25) is 5.88 Å². The van der Waals surface area contributed by atoms with E-state index in [0.717, 1.165) is 15.6 Å². The molecular weight excluding hydrogens is 335 g/mol. The lowest BCUT2D eigenvalue weighted by molar-refractivity contribution is 0.439. The number of rotatable bonds is 2. The Balaban J connectivity index is 2.24. The number of halogens is 2. The molecular formula is C16H12BrFN2O. The van der Waals surface area contributed by atoms with Gasteiger partial charge in [0, 0.05) is 15.6 Å². The molecule has 0 bridgehead atoms. The van der Waals surface area contributed by atoms with Crippen molar-refractivity contribution in [1.82, 2.24) is 5.16 Å². The number of aromatic nitrogens is 1. The first-order chi connectivity index (χ1) is 10.1. The van der Waals surface area contributed by atoms with E-state index in [2.05, 4.69) is 21.1 Å². The van der Waals surface area contributed by atoms with Crippen LogP contribution in [0.25, 0.3) is 22.4 Å². The molecule has 1 aromatic heterocycles. The largest absolute Gasteiger partial charge is 0.367 e. The summed E-state index contributed by atoms with van der Waals surface area (Å²) in [5, 5.41) is 4.00. The van der Waals surface area contributed by atoms with Gasteiger partial charge in [-0.25, -0.2) is 4.39 Å². The summed E-state index contributed by atoms with van der Waals surface area (Å²) in [6, 6.07) is 12.3. The van der Waals surface area contributed by atoms with Crippen LogP contribution in [-0.2, 0) is 0 Å². The Bertz CT molecular complexity index is 794. The van der Waals surface area contributed by atoms with Crippen molar-refractivity contribution in [2.75, 3.05) is 5.73 Å². The van der Waals surface area contributed by atoms with Crippen LogP contribution >= 0.6 is 15.9 Å². The summed E-state index contributed by atoms with van der Waals surface area (Å²) in [6.45, 7) is 1.83. The molecule has 3 aromatic rings. The minimum absolute atomic E-state index is 0.207. The highest BCUT2D eigenvalue weighted by Crippen LogP contribution is 2.39. The average Bonchev–Trinajstić information content (AvgIpc) is 2.80. The molecule has 5 heteroatoms. The van der Waals surface area contributed by atoms with Gasteiger partial charge in [-0.05, 0) is 36.8 Å². The third kappa shape index (κ3) is 2.56. The monoisotopic (exact) mass is 346 g/mol. The van der Waals surface area contributed by atoms with Crippen LogP contribution < -0.4 is 5.73 Å². The summed E-state index contributed by atoms with van der Waals surface area (Å²) >= 11 is 3.49. The minimum atomic E-state index is -0.315. The molecule has 0 amide bonds. The third-order valence-corrected chi connectivity index (χ3v) is 3.87. The maximum absolute atomic E-state index is 13.6. The Kier molecular flexibility index (Phi) is 3.51. The van der Waals surface area contributed by atoms with Gasteiger partial charge < -0.3 is 10.3 Å². The van der Waals surface area contributed by atoms with Gasteiger partial charge in [0.25, 0.3) is 0 Å². The molecule has 2 N–H and O–H groups in total. The second-order valence-corrected chi connectivity index (χ2v) is 5.62. The number of nitrogen functional groups attached to an aromatic ring is 1. The third-order valence-electron chi connectivity index (χ3n) is 3.18. The van der Waals surface area contributed by atoms with Crippen molar-refractivity contribution in [3.63, 3.8) is 0 Å². The Hall–Kier alpha value is -2.14. The molecule has 0 saturated carbocycles. The number of nitrogens with two attached hydrogens (primary N) is 1. The summed E-state index contributed by atoms with van der Waals surface area (Å²) in [5.74, 6) is -0.108. The molecule has 3 nitrogen and oxygen atoms in total. The van der Waals surface area contributed by atoms with E-state index in [1.54, 1.807) is 0 Å². The molecule has 0 aliphatic heterocycles. The molecule has 0 atom stereocenters. The van der Waals surface area contributed by atoms with Gasteiger partial charge in [-0.1, -0.05) is 39.3 Å². The molecule has 0 saturated heterocycles. The molecule has 0 unspecified atom stereocenters. The van der Waals surface area contributed by atoms with Crippen molar-refractivity contribution in [2.45, 2.75) is 6.92 Å². The lowest BCUT2D eigenvalue weighted by Gasteiger charge is -2.06. The molecule has 0 spiro atoms. The predicted molar refractivity (Wildman–Crippen MR) is 84.2 cm³/mol. The Morgan fingerprint density at radius 1 is 1.19 bits per heavy atom. The van der Waals surface area contributed by atoms with E-state index in [0.29, 0.717) is 16.8 Å². The molecule has 0 fully saturated rings. The quantitative estimate of drug-likeness (QED) is 0.724. The van der Waals surface area contributed by atoms with E-state index >= 15 is 0 Å². The van der Waals surface area contributed by atoms with Crippen LogP contribution in [0.4, 0.5) is 10.3 Å². The first kappa shape index (κ1) is 13.8. The number of hydrogen-bond acceptors (Lipinski definition) is 3. The highest BCUT2D eigenvalue weighted by Gasteiger charge is 2.19. The molecule has 0 radical (unpaired) electrons. The molecule has 3 rings (SSSR count). The maximum atomic E-state index is 13.6. The second kappa shape index (κ2) is 5.33. The fraction of sp³-hybridized carbons (Fsp3) is 0.0625. The maximum Gasteiger partial charge on any atom is 0.230 e. The summed E-state index contributed by atoms with van der Waals surface area (Å²) in [6.07, 6.45) is 0. The summed E-state index contributed by atoms with van der Waals surface area (Å²) in [7, 11) is 0. The van der Waals surface area contributed by atoms with Gasteiger partial charge >= 0.3 is 0 Å². The van der Waals surface area contributed by atoms with Crippen molar-refractivity contribution < 1.29 is 8.91 Å². The Labute approximate surface area is 129 Å². The summed E-state index contributed by atoms with van der Waals surface area (Å²) in [4.78, 5) is 0. The summed E-state index contributed by atoms with van der Waals surface area (Å²) < 4.78 is 19.6. The average molecular weight is 347 g/mol. The van der Waals surface area contributed by atoms with Gasteiger partial charge in [-0.3, -0.25) is 0 Å². The standard InChI is InChI=1S/C16H12BrFN2O/c1-9-6-10(8-11(18)7-9)15-14(16(19)21-20-15)12-4-2-3-5-13(12)17/h2-8H,19H2,1H3. The number of hydrogen-bond donors (Lipinski definition) is 1. The zero-order chi connectivity index (χ0) is 15.0. The van der Waals surface area contributed by atoms with Gasteiger partial charge in [-0.2, -0.15) is 0 Å². The second-order valence-electron chi connectivity index (χ2n) is 4.77. The number of nitrogens with zero attached hydrogens (tertiary/aromatic N) is 1. The normalized spacial score (nSPS) is 10.8. The molecule has 106 valence electrons. The first-order valence-electron chi connectivity index (χ1n) is 6.34. The minimum Gasteiger partial charge on any atom is -0.367 e. The van der Waals surface area contributed by atoms with Crippen LogP contribution in [0.3, 0.4) is 0 Å². The van der Waals surface area contributed by atoms with Crippen molar-refractivity contribution in [3.8, 4) is 22.4 Å². The summed E-state index contributed by atoms with van der Waals surface area (Å²) in [5.41, 5.74) is 9.40. The van der Waals surface area contributed by atoms with Crippen LogP contribution in [0.5, 0.6) is 0 Å². The molecule has 2 aromatic carbocycles. The molecule has 0 aliphatic carbocycles. The fourth-order valence-corrected chi connectivity index (χ4v) is 2.78. The van der Waals surface area contributed by atoms with Crippen LogP contribution in [-0.4, -0.2) is 5.16 Å². The van der Waals surface area contributed by atoms with Crippen LogP contribution in [0.2, 0.25) is 0 Å². The van der Waals surface area contributed by atoms with Gasteiger partial charge in [0.1, 0.15) is 11.5 Å². The number of aryl methyl sites for hydroxylation is 1. The van der Waals surface area contributed by atoms with E-state index in [-0.39, 0.29) is 11.7 Å². The zero-order valence-corrected chi connectivity index (χ0v) is 12.8. The van der Waals surface area contributed by atoms with E-state index < -0.39 is 0 Å². The van der Waals surface area contributed by atoms with Crippen molar-refractivity contribution in [3.05, 3.63) is 58.3 Å². The number of anilines is 1. The van der Waals surface area contributed by atoms with E-state index in [9.17, 15) is 4.39 Å². The van der Waals surface area contributed by atoms with E-state index in [1.165, 1.54) is 12.1 Å². The van der Waals surface area contributed by atoms with Gasteiger partial charge in [0.15, 0.2) is 0 Å². The van der Waals surface area contributed by atoms with Crippen LogP contribution in [0, 0.1) is 12.7 Å². The van der Waals surface area contributed by atoms with Crippen molar-refractivity contribution >= 4 is 21.8 Å². The smallest absolute Gasteiger partial charge is 0.230 e. The SMILES string of the molecule is Cc1cc(F)cc(-c2noc(N)c2-c2ccccc2Br)c1.